The van der Waals surface area contributed by atoms with Gasteiger partial charge in [-0.3, -0.25) is 0 Å². The van der Waals surface area contributed by atoms with Crippen molar-refractivity contribution in [2.45, 2.75) is 119 Å². The van der Waals surface area contributed by atoms with Crippen molar-refractivity contribution in [2.24, 2.45) is 44.3 Å². The van der Waals surface area contributed by atoms with Gasteiger partial charge in [-0.05, 0) is 92.6 Å². The molecule has 0 saturated heterocycles. The Hall–Kier alpha value is -6.06. The zero-order valence-corrected chi connectivity index (χ0v) is 81.6. The Morgan fingerprint density at radius 3 is 0.708 bits per heavy atom. The van der Waals surface area contributed by atoms with E-state index in [1.54, 1.807) is 6.92 Å². The summed E-state index contributed by atoms with van der Waals surface area (Å²) >= 11 is 0. The van der Waals surface area contributed by atoms with Crippen LogP contribution >= 0.6 is 0 Å². The molecule has 45 nitrogen and oxygen atoms in total. The first-order chi connectivity index (χ1) is 65.9. The van der Waals surface area contributed by atoms with Gasteiger partial charge in [0.2, 0.25) is 0 Å². The smallest absolute Gasteiger partial charge is 0.331 e. The van der Waals surface area contributed by atoms with Crippen molar-refractivity contribution in [3.8, 4) is 0 Å². The number of benzene rings is 2. The van der Waals surface area contributed by atoms with Crippen molar-refractivity contribution < 1.29 is 222 Å². The first-order valence-corrected chi connectivity index (χ1v) is 45.6. The number of rotatable bonds is 79. The van der Waals surface area contributed by atoms with Crippen LogP contribution in [0, 0.1) is 44.3 Å². The third kappa shape index (κ3) is 86.4. The van der Waals surface area contributed by atoms with Crippen LogP contribution in [0.15, 0.2) is 60.7 Å². The molecule has 0 heterocycles. The number of carbonyl (C=O) groups is 6. The van der Waals surface area contributed by atoms with Gasteiger partial charge < -0.3 is 193 Å². The number of carbonyl (C=O) groups excluding carboxylic acids is 6. The summed E-state index contributed by atoms with van der Waals surface area (Å²) in [6, 6.07) is 20.0. The van der Waals surface area contributed by atoms with Crippen LogP contribution < -0.4 is 0 Å². The second-order valence-electron chi connectivity index (χ2n) is 32.1. The van der Waals surface area contributed by atoms with Crippen molar-refractivity contribution in [2.75, 3.05) is 317 Å². The molecule has 137 heavy (non-hydrogen) atoms. The molecule has 0 spiro atoms. The highest BCUT2D eigenvalue weighted by Crippen LogP contribution is 2.34. The van der Waals surface area contributed by atoms with E-state index in [4.69, 9.17) is 193 Å². The number of hydrogen-bond donors (Lipinski definition) is 22. The predicted molar refractivity (Wildman–Crippen MR) is 493 cm³/mol. The fraction of sp³-hybridized carbons (Fsp3) is 0.804. The van der Waals surface area contributed by atoms with Crippen molar-refractivity contribution in [1.82, 2.24) is 0 Å². The lowest BCUT2D eigenvalue weighted by molar-refractivity contribution is -0.167. The van der Waals surface area contributed by atoms with E-state index in [0.717, 1.165) is 24.0 Å². The Labute approximate surface area is 806 Å². The van der Waals surface area contributed by atoms with Crippen LogP contribution in [0.2, 0.25) is 0 Å². The Balaban J connectivity index is -0.000000359. The minimum Gasteiger partial charge on any atom is -0.463 e. The minimum atomic E-state index is -1.07. The average molecular weight is 2000 g/mol. The molecule has 2 aromatic rings. The molecular weight excluding hydrogens is 1820 g/mol. The highest BCUT2D eigenvalue weighted by atomic mass is 16.6. The maximum absolute atomic E-state index is 11.0. The van der Waals surface area contributed by atoms with E-state index in [2.05, 4.69) is 0 Å². The van der Waals surface area contributed by atoms with Gasteiger partial charge in [0.1, 0.15) is 79.3 Å². The molecule has 0 radical (unpaired) electrons. The molecule has 0 fully saturated rings. The number of aliphatic hydroxyl groups excluding tert-OH is 22. The van der Waals surface area contributed by atoms with Crippen LogP contribution in [0.5, 0.6) is 0 Å². The average Bonchev–Trinajstić information content (AvgIpc) is 0.867. The third-order valence-corrected chi connectivity index (χ3v) is 19.6. The molecule has 0 aliphatic heterocycles. The van der Waals surface area contributed by atoms with Crippen LogP contribution in [0.1, 0.15) is 117 Å². The highest BCUT2D eigenvalue weighted by Gasteiger charge is 2.36. The first kappa shape index (κ1) is 142. The molecule has 45 heteroatoms. The van der Waals surface area contributed by atoms with Crippen molar-refractivity contribution in [1.29, 1.82) is 0 Å². The minimum absolute atomic E-state index is 0.0122. The van der Waals surface area contributed by atoms with Gasteiger partial charge in [0.15, 0.2) is 0 Å². The van der Waals surface area contributed by atoms with Gasteiger partial charge in [-0.15, -0.1) is 0 Å². The molecule has 0 atom stereocenters. The van der Waals surface area contributed by atoms with Crippen LogP contribution in [-0.2, 0) is 123 Å². The Morgan fingerprint density at radius 2 is 0.460 bits per heavy atom. The summed E-state index contributed by atoms with van der Waals surface area (Å²) in [5.41, 5.74) is -0.659. The van der Waals surface area contributed by atoms with Gasteiger partial charge in [-0.1, -0.05) is 102 Å². The Kier molecular flexibility index (Phi) is 103. The molecule has 0 bridgehead atoms. The van der Waals surface area contributed by atoms with E-state index in [0.29, 0.717) is 137 Å². The number of aliphatic hydroxyl groups is 22. The molecule has 0 unspecified atom stereocenters. The quantitative estimate of drug-likeness (QED) is 0.0176. The molecule has 810 valence electrons. The molecule has 0 aliphatic rings. The molecule has 0 saturated carbocycles. The monoisotopic (exact) mass is 2000 g/mol. The summed E-state index contributed by atoms with van der Waals surface area (Å²) in [6.07, 6.45) is 6.70. The van der Waals surface area contributed by atoms with E-state index in [-0.39, 0.29) is 238 Å². The third-order valence-electron chi connectivity index (χ3n) is 19.6. The fourth-order valence-corrected chi connectivity index (χ4v) is 11.2. The molecule has 2 aromatic carbocycles. The second-order valence-corrected chi connectivity index (χ2v) is 32.1. The van der Waals surface area contributed by atoms with Crippen LogP contribution in [-0.4, -0.2) is 465 Å². The molecular formula is C92H172O45. The maximum Gasteiger partial charge on any atom is 0.331 e. The first-order valence-electron chi connectivity index (χ1n) is 45.6. The van der Waals surface area contributed by atoms with E-state index < -0.39 is 86.3 Å². The summed E-state index contributed by atoms with van der Waals surface area (Å²) < 4.78 is 87.1. The Morgan fingerprint density at radius 1 is 0.234 bits per heavy atom. The lowest BCUT2D eigenvalue weighted by Crippen LogP contribution is -2.39. The van der Waals surface area contributed by atoms with Crippen LogP contribution in [0.3, 0.4) is 0 Å². The van der Waals surface area contributed by atoms with Gasteiger partial charge in [0, 0.05) is 63.0 Å². The molecule has 2 rings (SSSR count). The second kappa shape index (κ2) is 100. The van der Waals surface area contributed by atoms with E-state index in [9.17, 15) is 28.8 Å². The van der Waals surface area contributed by atoms with E-state index in [1.807, 2.05) is 88.4 Å². The van der Waals surface area contributed by atoms with Crippen LogP contribution in [0.25, 0.3) is 0 Å². The topological polar surface area (TPSA) is 704 Å². The van der Waals surface area contributed by atoms with Gasteiger partial charge in [-0.2, -0.15) is 0 Å². The summed E-state index contributed by atoms with van der Waals surface area (Å²) in [5, 5.41) is 191. The lowest BCUT2D eigenvalue weighted by atomic mass is 9.76. The molecule has 0 aromatic heterocycles. The number of ether oxygens (including phenoxy) is 17. The lowest BCUT2D eigenvalue weighted by Gasteiger charge is -2.32. The summed E-state index contributed by atoms with van der Waals surface area (Å²) in [5.74, 6) is -5.02. The van der Waals surface area contributed by atoms with Crippen molar-refractivity contribution >= 4 is 35.8 Å². The van der Waals surface area contributed by atoms with Crippen LogP contribution in [0.4, 0.5) is 0 Å². The van der Waals surface area contributed by atoms with Crippen molar-refractivity contribution in [3.63, 3.8) is 0 Å². The van der Waals surface area contributed by atoms with Gasteiger partial charge in [0.25, 0.3) is 0 Å². The predicted octanol–water partition coefficient (Wildman–Crippen LogP) is -3.26. The maximum atomic E-state index is 11.0. The van der Waals surface area contributed by atoms with E-state index in [1.165, 1.54) is 6.92 Å². The summed E-state index contributed by atoms with van der Waals surface area (Å²) in [4.78, 5) is 65.6. The SMILES string of the molecule is CC(CCO)(CCO)COCc1ccccc1.CC(COC(=O)CO)(COC(=O)CO)COC(=O)CO.CC(COCCO)(COCCO)COCCO.CCC(CCO)(CCO)CCO.CCC(COC(=O)CO)(COC(=O)CO)COC(=O)CO.CCC(COCCO)(COCCO)COCCO.OCCC(CCO)COCc1ccccc1.OCCOCC(COCCO)COCCO. The normalized spacial score (nSPS) is 11.4. The van der Waals surface area contributed by atoms with Gasteiger partial charge >= 0.3 is 35.8 Å². The largest absolute Gasteiger partial charge is 0.463 e. The van der Waals surface area contributed by atoms with Gasteiger partial charge in [-0.25, -0.2) is 28.8 Å². The van der Waals surface area contributed by atoms with Crippen molar-refractivity contribution in [3.05, 3.63) is 71.8 Å². The molecule has 22 N–H and O–H groups in total. The fourth-order valence-electron chi connectivity index (χ4n) is 11.2. The number of hydrogen-bond acceptors (Lipinski definition) is 45. The Bertz CT molecular complexity index is 2750. The zero-order chi connectivity index (χ0) is 104. The molecule has 0 aliphatic carbocycles. The number of esters is 6. The molecule has 0 amide bonds. The zero-order valence-electron chi connectivity index (χ0n) is 81.6. The summed E-state index contributed by atoms with van der Waals surface area (Å²) in [6.45, 7) is 14.0. The van der Waals surface area contributed by atoms with Gasteiger partial charge in [0.05, 0.1) is 216 Å². The summed E-state index contributed by atoms with van der Waals surface area (Å²) in [7, 11) is 0. The van der Waals surface area contributed by atoms with E-state index >= 15 is 0 Å². The highest BCUT2D eigenvalue weighted by molar-refractivity contribution is 5.72. The standard InChI is InChI=1S/C14H22O3.C13H20O3.C12H20O9.C12H26O6.C11H18O9.C11H24O6.C10H22O6.C9H20O3/c1-14(7-9-15,8-10-16)12-17-11-13-5-3-2-4-6-13;14-8-6-13(7-9-15)11-16-10-12-4-2-1-3-5-12;1-2-12(6-19-9(16)3-13,7-20-10(17)4-14)8-21-11(18)5-15;1-2-12(9-16-6-3-13,10-17-7-4-14)11-18-8-5-15;1-11(5-18-8(15)2-12,6-19-9(16)3-13)7-20-10(17)4-14;1-11(8-15-5-2-12,9-16-6-3-13)10-17-7-4-14;11-1-4-14-7-10(8-15-5-2-12)9-16-6-3-13;1-2-9(3-6-10,4-7-11)5-8-12/h2-6,15-16H,7-12H2,1H3;1-5,13-15H,6-11H2;13-15H,2-8H2,1H3;13-15H,2-11H2,1H3;12-14H,2-7H2,1H3;12-14H,2-10H2,1H3;10-13H,1-9H2;10-12H,2-8H2,1H3.